The summed E-state index contributed by atoms with van der Waals surface area (Å²) in [6, 6.07) is 7.81. The zero-order valence-corrected chi connectivity index (χ0v) is 15.5. The molecule has 1 amide bonds. The molecule has 5 nitrogen and oxygen atoms in total. The van der Waals surface area contributed by atoms with Gasteiger partial charge in [0, 0.05) is 29.5 Å². The molecule has 6 heteroatoms. The highest BCUT2D eigenvalue weighted by Gasteiger charge is 2.27. The molecule has 1 N–H and O–H groups in total. The number of carbonyl (C=O) groups is 1. The van der Waals surface area contributed by atoms with E-state index in [2.05, 4.69) is 36.1 Å². The zero-order valence-electron chi connectivity index (χ0n) is 13.9. The molecule has 1 aliphatic rings. The third-order valence-corrected chi connectivity index (χ3v) is 4.90. The average molecular weight is 389 g/mol. The summed E-state index contributed by atoms with van der Waals surface area (Å²) in [7, 11) is 0. The van der Waals surface area contributed by atoms with Crippen LogP contribution >= 0.6 is 15.9 Å². The lowest BCUT2D eigenvalue weighted by molar-refractivity contribution is -0.120. The molecule has 0 unspecified atom stereocenters. The number of aromatic nitrogens is 2. The number of rotatable bonds is 3. The maximum absolute atomic E-state index is 12.6. The Hall–Kier alpha value is -1.95. The Morgan fingerprint density at radius 3 is 2.92 bits per heavy atom. The van der Waals surface area contributed by atoms with Crippen LogP contribution in [0.25, 0.3) is 0 Å². The topological polar surface area (TPSA) is 58.1 Å². The number of hydrogen-bond donors (Lipinski definition) is 1. The monoisotopic (exact) mass is 388 g/mol. The van der Waals surface area contributed by atoms with Crippen LogP contribution in [0.15, 0.2) is 34.9 Å². The number of aryl methyl sites for hydroxylation is 2. The van der Waals surface area contributed by atoms with Gasteiger partial charge in [-0.2, -0.15) is 0 Å². The summed E-state index contributed by atoms with van der Waals surface area (Å²) in [5.41, 5.74) is 2.91. The first-order valence-electron chi connectivity index (χ1n) is 8.14. The molecule has 126 valence electrons. The Morgan fingerprint density at radius 1 is 1.33 bits per heavy atom. The minimum atomic E-state index is -0.0592. The number of benzene rings is 1. The van der Waals surface area contributed by atoms with Gasteiger partial charge in [-0.05, 0) is 66.4 Å². The van der Waals surface area contributed by atoms with Crippen molar-refractivity contribution in [2.75, 3.05) is 23.3 Å². The Bertz CT molecular complexity index is 750. The molecule has 0 bridgehead atoms. The number of nitrogens with zero attached hydrogens (tertiary/aromatic N) is 3. The smallest absolute Gasteiger partial charge is 0.229 e. The Morgan fingerprint density at radius 2 is 2.17 bits per heavy atom. The normalized spacial score (nSPS) is 17.6. The lowest BCUT2D eigenvalue weighted by Crippen LogP contribution is -2.41. The number of carbonyl (C=O) groups excluding carboxylic acids is 1. The fourth-order valence-corrected chi connectivity index (χ4v) is 3.51. The predicted molar refractivity (Wildman–Crippen MR) is 99.2 cm³/mol. The zero-order chi connectivity index (χ0) is 17.1. The molecule has 1 fully saturated rings. The van der Waals surface area contributed by atoms with Crippen molar-refractivity contribution in [1.82, 2.24) is 9.97 Å². The lowest BCUT2D eigenvalue weighted by atomic mass is 9.97. The molecule has 1 aliphatic heterocycles. The number of piperidine rings is 1. The van der Waals surface area contributed by atoms with Crippen molar-refractivity contribution < 1.29 is 4.79 Å². The first-order chi connectivity index (χ1) is 11.5. The van der Waals surface area contributed by atoms with Crippen molar-refractivity contribution in [2.45, 2.75) is 26.7 Å². The Labute approximate surface area is 150 Å². The maximum atomic E-state index is 12.6. The first-order valence-corrected chi connectivity index (χ1v) is 8.94. The molecule has 1 aromatic heterocycles. The average Bonchev–Trinajstić information content (AvgIpc) is 2.57. The van der Waals surface area contributed by atoms with Gasteiger partial charge in [-0.1, -0.05) is 6.07 Å². The van der Waals surface area contributed by atoms with E-state index < -0.39 is 0 Å². The summed E-state index contributed by atoms with van der Waals surface area (Å²) < 4.78 is 0.908. The summed E-state index contributed by atoms with van der Waals surface area (Å²) in [6.45, 7) is 5.52. The van der Waals surface area contributed by atoms with Crippen molar-refractivity contribution in [2.24, 2.45) is 5.92 Å². The standard InChI is InChI=1S/C18H21BrN4O/c1-12-5-6-16(15(19)10-12)22-17(24)14-4-3-9-23(11-14)18-20-8-7-13(2)21-18/h5-8,10,14H,3-4,9,11H2,1-2H3,(H,22,24)/t14-/m1/s1. The molecule has 0 spiro atoms. The summed E-state index contributed by atoms with van der Waals surface area (Å²) in [6.07, 6.45) is 3.62. The van der Waals surface area contributed by atoms with Gasteiger partial charge < -0.3 is 10.2 Å². The highest BCUT2D eigenvalue weighted by atomic mass is 79.9. The fourth-order valence-electron chi connectivity index (χ4n) is 2.92. The molecule has 24 heavy (non-hydrogen) atoms. The lowest BCUT2D eigenvalue weighted by Gasteiger charge is -2.32. The number of anilines is 2. The Kier molecular flexibility index (Phi) is 5.14. The van der Waals surface area contributed by atoms with Gasteiger partial charge >= 0.3 is 0 Å². The first kappa shape index (κ1) is 16.9. The van der Waals surface area contributed by atoms with E-state index >= 15 is 0 Å². The van der Waals surface area contributed by atoms with E-state index in [1.165, 1.54) is 0 Å². The largest absolute Gasteiger partial charge is 0.340 e. The van der Waals surface area contributed by atoms with E-state index in [9.17, 15) is 4.79 Å². The van der Waals surface area contributed by atoms with Gasteiger partial charge in [-0.15, -0.1) is 0 Å². The van der Waals surface area contributed by atoms with Gasteiger partial charge in [0.2, 0.25) is 11.9 Å². The van der Waals surface area contributed by atoms with Crippen molar-refractivity contribution in [3.05, 3.63) is 46.2 Å². The molecule has 1 atom stereocenters. The summed E-state index contributed by atoms with van der Waals surface area (Å²) in [5, 5.41) is 3.04. The second-order valence-corrected chi connectivity index (χ2v) is 7.11. The molecule has 0 aliphatic carbocycles. The highest BCUT2D eigenvalue weighted by Crippen LogP contribution is 2.26. The van der Waals surface area contributed by atoms with E-state index in [0.29, 0.717) is 12.5 Å². The van der Waals surface area contributed by atoms with Crippen LogP contribution in [0.5, 0.6) is 0 Å². The molecular formula is C18H21BrN4O. The van der Waals surface area contributed by atoms with Crippen molar-refractivity contribution in [3.8, 4) is 0 Å². The predicted octanol–water partition coefficient (Wildman–Crippen LogP) is 3.71. The third kappa shape index (κ3) is 3.93. The molecule has 0 radical (unpaired) electrons. The van der Waals surface area contributed by atoms with Crippen LogP contribution in [-0.2, 0) is 4.79 Å². The summed E-state index contributed by atoms with van der Waals surface area (Å²) in [4.78, 5) is 23.6. The van der Waals surface area contributed by atoms with E-state index in [-0.39, 0.29) is 11.8 Å². The van der Waals surface area contributed by atoms with Crippen LogP contribution < -0.4 is 10.2 Å². The maximum Gasteiger partial charge on any atom is 0.229 e. The third-order valence-electron chi connectivity index (χ3n) is 4.24. The van der Waals surface area contributed by atoms with E-state index in [1.807, 2.05) is 38.1 Å². The van der Waals surface area contributed by atoms with Crippen LogP contribution in [0, 0.1) is 19.8 Å². The van der Waals surface area contributed by atoms with Gasteiger partial charge in [0.15, 0.2) is 0 Å². The summed E-state index contributed by atoms with van der Waals surface area (Å²) >= 11 is 3.51. The number of halogens is 1. The number of hydrogen-bond acceptors (Lipinski definition) is 4. The molecule has 3 rings (SSSR count). The molecule has 0 saturated carbocycles. The quantitative estimate of drug-likeness (QED) is 0.870. The van der Waals surface area contributed by atoms with Gasteiger partial charge in [0.05, 0.1) is 11.6 Å². The van der Waals surface area contributed by atoms with Crippen LogP contribution in [0.1, 0.15) is 24.1 Å². The van der Waals surface area contributed by atoms with Crippen molar-refractivity contribution in [1.29, 1.82) is 0 Å². The number of nitrogens with one attached hydrogen (secondary N) is 1. The molecule has 1 saturated heterocycles. The van der Waals surface area contributed by atoms with Crippen molar-refractivity contribution in [3.63, 3.8) is 0 Å². The van der Waals surface area contributed by atoms with Gasteiger partial charge in [-0.3, -0.25) is 4.79 Å². The fraction of sp³-hybridized carbons (Fsp3) is 0.389. The molecular weight excluding hydrogens is 368 g/mol. The minimum Gasteiger partial charge on any atom is -0.340 e. The SMILES string of the molecule is Cc1ccc(NC(=O)[C@@H]2CCCN(c3nccc(C)n3)C2)c(Br)c1. The second-order valence-electron chi connectivity index (χ2n) is 6.26. The van der Waals surface area contributed by atoms with Crippen LogP contribution in [0.2, 0.25) is 0 Å². The van der Waals surface area contributed by atoms with Crippen LogP contribution in [-0.4, -0.2) is 29.0 Å². The molecule has 2 heterocycles. The van der Waals surface area contributed by atoms with Crippen LogP contribution in [0.3, 0.4) is 0 Å². The molecule has 2 aromatic rings. The van der Waals surface area contributed by atoms with Crippen molar-refractivity contribution >= 4 is 33.5 Å². The minimum absolute atomic E-state index is 0.0527. The molecule has 1 aromatic carbocycles. The van der Waals surface area contributed by atoms with Gasteiger partial charge in [0.1, 0.15) is 0 Å². The van der Waals surface area contributed by atoms with Gasteiger partial charge in [0.25, 0.3) is 0 Å². The Balaban J connectivity index is 1.69. The van der Waals surface area contributed by atoms with E-state index in [0.717, 1.165) is 40.8 Å². The summed E-state index contributed by atoms with van der Waals surface area (Å²) in [5.74, 6) is 0.706. The van der Waals surface area contributed by atoms with Gasteiger partial charge in [-0.25, -0.2) is 9.97 Å². The highest BCUT2D eigenvalue weighted by molar-refractivity contribution is 9.10. The van der Waals surface area contributed by atoms with E-state index in [4.69, 9.17) is 0 Å². The van der Waals surface area contributed by atoms with E-state index in [1.54, 1.807) is 6.20 Å². The van der Waals surface area contributed by atoms with Crippen LogP contribution in [0.4, 0.5) is 11.6 Å². The second kappa shape index (κ2) is 7.30. The number of amides is 1.